The number of ether oxygens (including phenoxy) is 1. The molecule has 0 radical (unpaired) electrons. The minimum Gasteiger partial charge on any atom is -0.396 e. The molecule has 0 bridgehead atoms. The van der Waals surface area contributed by atoms with Crippen LogP contribution in [0.2, 0.25) is 0 Å². The van der Waals surface area contributed by atoms with E-state index < -0.39 is 0 Å². The van der Waals surface area contributed by atoms with Crippen molar-refractivity contribution in [3.8, 4) is 0 Å². The molecule has 17 heavy (non-hydrogen) atoms. The highest BCUT2D eigenvalue weighted by Crippen LogP contribution is 2.39. The Labute approximate surface area is 105 Å². The summed E-state index contributed by atoms with van der Waals surface area (Å²) in [4.78, 5) is 0. The van der Waals surface area contributed by atoms with E-state index in [0.29, 0.717) is 0 Å². The molecule has 1 aliphatic heterocycles. The van der Waals surface area contributed by atoms with Crippen molar-refractivity contribution in [2.45, 2.75) is 18.9 Å². The van der Waals surface area contributed by atoms with Crippen molar-refractivity contribution in [3.63, 3.8) is 0 Å². The molecule has 2 nitrogen and oxygen atoms in total. The number of aliphatic hydroxyl groups excluding tert-OH is 1. The largest absolute Gasteiger partial charge is 0.396 e. The van der Waals surface area contributed by atoms with Gasteiger partial charge in [0.15, 0.2) is 0 Å². The second kappa shape index (κ2) is 4.77. The quantitative estimate of drug-likeness (QED) is 0.883. The zero-order valence-electron chi connectivity index (χ0n) is 9.63. The van der Waals surface area contributed by atoms with Gasteiger partial charge in [0.25, 0.3) is 0 Å². The van der Waals surface area contributed by atoms with Crippen molar-refractivity contribution in [1.82, 2.24) is 0 Å². The van der Waals surface area contributed by atoms with Gasteiger partial charge in [-0.2, -0.15) is 0 Å². The molecule has 1 aromatic carbocycles. The Hall–Kier alpha value is -0.900. The summed E-state index contributed by atoms with van der Waals surface area (Å²) in [5.41, 5.74) is 1.25. The van der Waals surface area contributed by atoms with Crippen LogP contribution in [0.25, 0.3) is 10.1 Å². The maximum Gasteiger partial charge on any atom is 0.0888 e. The summed E-state index contributed by atoms with van der Waals surface area (Å²) in [5, 5.41) is 12.9. The summed E-state index contributed by atoms with van der Waals surface area (Å²) < 4.78 is 7.18. The predicted octanol–water partition coefficient (Wildman–Crippen LogP) is 3.36. The molecule has 3 heteroatoms. The summed E-state index contributed by atoms with van der Waals surface area (Å²) in [6.07, 6.45) is 2.19. The molecule has 1 fully saturated rings. The predicted molar refractivity (Wildman–Crippen MR) is 70.3 cm³/mol. The lowest BCUT2D eigenvalue weighted by molar-refractivity contribution is -0.0447. The first-order valence-electron chi connectivity index (χ1n) is 6.08. The molecule has 2 heterocycles. The van der Waals surface area contributed by atoms with Crippen LogP contribution in [0.1, 0.15) is 24.5 Å². The highest BCUT2D eigenvalue weighted by Gasteiger charge is 2.28. The van der Waals surface area contributed by atoms with Crippen molar-refractivity contribution in [2.24, 2.45) is 5.92 Å². The van der Waals surface area contributed by atoms with Gasteiger partial charge in [-0.05, 0) is 35.2 Å². The second-order valence-electron chi connectivity index (χ2n) is 4.56. The number of hydrogen-bond donors (Lipinski definition) is 1. The summed E-state index contributed by atoms with van der Waals surface area (Å²) in [7, 11) is 0. The van der Waals surface area contributed by atoms with Crippen LogP contribution < -0.4 is 0 Å². The van der Waals surface area contributed by atoms with E-state index in [9.17, 15) is 5.11 Å². The van der Waals surface area contributed by atoms with Crippen molar-refractivity contribution < 1.29 is 9.84 Å². The van der Waals surface area contributed by atoms with Gasteiger partial charge in [-0.3, -0.25) is 0 Å². The van der Waals surface area contributed by atoms with Crippen LogP contribution in [0.4, 0.5) is 0 Å². The van der Waals surface area contributed by atoms with E-state index in [0.717, 1.165) is 19.4 Å². The lowest BCUT2D eigenvalue weighted by Gasteiger charge is -2.30. The topological polar surface area (TPSA) is 29.5 Å². The van der Waals surface area contributed by atoms with Crippen LogP contribution in [0, 0.1) is 5.92 Å². The normalized spacial score (nSPS) is 25.2. The summed E-state index contributed by atoms with van der Waals surface area (Å²) in [6.45, 7) is 1.03. The Morgan fingerprint density at radius 1 is 1.35 bits per heavy atom. The number of thiophene rings is 1. The van der Waals surface area contributed by atoms with Gasteiger partial charge in [-0.25, -0.2) is 0 Å². The molecule has 2 atom stereocenters. The van der Waals surface area contributed by atoms with E-state index in [-0.39, 0.29) is 18.6 Å². The van der Waals surface area contributed by atoms with Crippen molar-refractivity contribution in [1.29, 1.82) is 0 Å². The van der Waals surface area contributed by atoms with Crippen molar-refractivity contribution in [3.05, 3.63) is 35.2 Å². The van der Waals surface area contributed by atoms with Gasteiger partial charge in [0.05, 0.1) is 6.10 Å². The van der Waals surface area contributed by atoms with Gasteiger partial charge < -0.3 is 9.84 Å². The molecule has 2 unspecified atom stereocenters. The molecular weight excluding hydrogens is 232 g/mol. The van der Waals surface area contributed by atoms with E-state index in [2.05, 4.69) is 29.6 Å². The smallest absolute Gasteiger partial charge is 0.0888 e. The molecule has 0 spiro atoms. The molecule has 1 N–H and O–H groups in total. The van der Waals surface area contributed by atoms with Crippen LogP contribution in [0.3, 0.4) is 0 Å². The van der Waals surface area contributed by atoms with Crippen molar-refractivity contribution >= 4 is 21.4 Å². The third-order valence-corrected chi connectivity index (χ3v) is 4.48. The fourth-order valence-electron chi connectivity index (χ4n) is 2.59. The zero-order chi connectivity index (χ0) is 11.7. The van der Waals surface area contributed by atoms with E-state index in [4.69, 9.17) is 4.74 Å². The van der Waals surface area contributed by atoms with Crippen LogP contribution in [-0.4, -0.2) is 18.3 Å². The number of fused-ring (bicyclic) bond motifs is 1. The van der Waals surface area contributed by atoms with E-state index in [1.807, 2.05) is 0 Å². The zero-order valence-corrected chi connectivity index (χ0v) is 10.5. The molecule has 2 aromatic rings. The molecule has 1 saturated heterocycles. The highest BCUT2D eigenvalue weighted by atomic mass is 32.1. The first-order valence-corrected chi connectivity index (χ1v) is 6.96. The summed E-state index contributed by atoms with van der Waals surface area (Å²) >= 11 is 1.76. The van der Waals surface area contributed by atoms with Crippen molar-refractivity contribution in [2.75, 3.05) is 13.2 Å². The molecule has 3 rings (SSSR count). The van der Waals surface area contributed by atoms with Gasteiger partial charge in [0.1, 0.15) is 0 Å². The maximum atomic E-state index is 9.46. The number of aliphatic hydroxyl groups is 1. The summed E-state index contributed by atoms with van der Waals surface area (Å²) in [5.74, 6) is 0.252. The Morgan fingerprint density at radius 2 is 2.24 bits per heavy atom. The van der Waals surface area contributed by atoms with Gasteiger partial charge >= 0.3 is 0 Å². The minimum absolute atomic E-state index is 0.0740. The number of hydrogen-bond acceptors (Lipinski definition) is 3. The Kier molecular flexibility index (Phi) is 3.14. The first-order chi connectivity index (χ1) is 8.40. The van der Waals surface area contributed by atoms with Crippen LogP contribution in [-0.2, 0) is 4.74 Å². The number of rotatable bonds is 2. The molecule has 90 valence electrons. The molecule has 1 aliphatic rings. The van der Waals surface area contributed by atoms with E-state index >= 15 is 0 Å². The Bertz CT molecular complexity index is 506. The average Bonchev–Trinajstić information content (AvgIpc) is 2.82. The third-order valence-electron chi connectivity index (χ3n) is 3.50. The van der Waals surface area contributed by atoms with Crippen LogP contribution in [0.15, 0.2) is 29.6 Å². The first kappa shape index (κ1) is 11.2. The Balaban J connectivity index is 2.01. The fraction of sp³-hybridized carbons (Fsp3) is 0.429. The SMILES string of the molecule is OCC1CCCOC1c1csc2ccccc12. The molecule has 0 saturated carbocycles. The second-order valence-corrected chi connectivity index (χ2v) is 5.47. The van der Waals surface area contributed by atoms with Crippen LogP contribution in [0.5, 0.6) is 0 Å². The minimum atomic E-state index is 0.0740. The molecule has 1 aromatic heterocycles. The van der Waals surface area contributed by atoms with E-state index in [1.165, 1.54) is 15.6 Å². The lowest BCUT2D eigenvalue weighted by Crippen LogP contribution is -2.25. The Morgan fingerprint density at radius 3 is 3.12 bits per heavy atom. The number of benzene rings is 1. The summed E-state index contributed by atoms with van der Waals surface area (Å²) in [6, 6.07) is 8.41. The lowest BCUT2D eigenvalue weighted by atomic mass is 9.90. The van der Waals surface area contributed by atoms with Gasteiger partial charge in [0.2, 0.25) is 0 Å². The third kappa shape index (κ3) is 1.99. The fourth-order valence-corrected chi connectivity index (χ4v) is 3.58. The molecule has 0 amide bonds. The van der Waals surface area contributed by atoms with Crippen LogP contribution >= 0.6 is 11.3 Å². The van der Waals surface area contributed by atoms with Gasteiger partial charge in [-0.15, -0.1) is 11.3 Å². The molecule has 0 aliphatic carbocycles. The molecular formula is C14H16O2S. The monoisotopic (exact) mass is 248 g/mol. The average molecular weight is 248 g/mol. The van der Waals surface area contributed by atoms with Gasteiger partial charge in [0, 0.05) is 23.8 Å². The van der Waals surface area contributed by atoms with Gasteiger partial charge in [-0.1, -0.05) is 18.2 Å². The van der Waals surface area contributed by atoms with E-state index in [1.54, 1.807) is 11.3 Å². The maximum absolute atomic E-state index is 9.46. The highest BCUT2D eigenvalue weighted by molar-refractivity contribution is 7.17. The standard InChI is InChI=1S/C14H16O2S/c15-8-10-4-3-7-16-14(10)12-9-17-13-6-2-1-5-11(12)13/h1-2,5-6,9-10,14-15H,3-4,7-8H2.